The van der Waals surface area contributed by atoms with Gasteiger partial charge in [0.25, 0.3) is 0 Å². The number of rotatable bonds is 32. The minimum absolute atomic E-state index is 0.00766. The summed E-state index contributed by atoms with van der Waals surface area (Å²) >= 11 is 0. The van der Waals surface area contributed by atoms with E-state index in [1.807, 2.05) is 5.32 Å². The van der Waals surface area contributed by atoms with Gasteiger partial charge in [-0.25, -0.2) is 4.79 Å². The van der Waals surface area contributed by atoms with Crippen LogP contribution in [0.25, 0.3) is 0 Å². The fourth-order valence-corrected chi connectivity index (χ4v) is 7.28. The van der Waals surface area contributed by atoms with Crippen LogP contribution >= 0.6 is 0 Å². The Kier molecular flexibility index (Phi) is 27.0. The standard InChI is InChI=1S/C44H73N11O18/c1-19(2)15-27(52-37(65)25(10-12-31(46)58)49-41(69)30-9-8-14-55(30)43(71)24(45)18-56)38(66)48-22(6)36(64)54-34(23(7)57)42(70)53-28(16-20(3)4)39(67)47-21(5)35(63)51-29(17-33(61)62)40(68)50-26(44(72)73)11-13-32(59)60/h19-30,34,56-57H,8-18,45H2,1-7H3,(H2,46,58)(H,47,67)(H,48,66)(H,49,69)(H,50,68)(H,51,63)(H,52,65)(H,53,70)(H,54,64)(H,59,60)(H,61,62)(H,72,73)/t21-,22-,23+,24-,25-,26-,27-,28-,29-,30-,34-/m0/s1. The van der Waals surface area contributed by atoms with Crippen molar-refractivity contribution < 1.29 is 87.9 Å². The number of likely N-dealkylation sites (tertiary alicyclic amines) is 1. The molecule has 10 amide bonds. The first-order chi connectivity index (χ1) is 33.9. The topological polar surface area (TPSA) is 475 Å². The summed E-state index contributed by atoms with van der Waals surface area (Å²) in [5.41, 5.74) is 11.0. The normalized spacial score (nSPS) is 17.4. The van der Waals surface area contributed by atoms with Gasteiger partial charge in [-0.2, -0.15) is 0 Å². The molecule has 0 unspecified atom stereocenters. The summed E-state index contributed by atoms with van der Waals surface area (Å²) in [6, 6.07) is -15.0. The van der Waals surface area contributed by atoms with Crippen LogP contribution in [-0.4, -0.2) is 187 Å². The Bertz CT molecular complexity index is 2020. The predicted molar refractivity (Wildman–Crippen MR) is 252 cm³/mol. The summed E-state index contributed by atoms with van der Waals surface area (Å²) in [4.78, 5) is 167. The Morgan fingerprint density at radius 2 is 1.01 bits per heavy atom. The molecule has 1 rings (SSSR count). The molecule has 0 aromatic carbocycles. The number of hydrogen-bond acceptors (Lipinski definition) is 16. The number of aliphatic carboxylic acids is 3. The molecule has 1 aliphatic heterocycles. The summed E-state index contributed by atoms with van der Waals surface area (Å²) in [5.74, 6) is -14.7. The van der Waals surface area contributed by atoms with Gasteiger partial charge in [-0.05, 0) is 71.1 Å². The molecule has 0 aromatic rings. The number of aliphatic hydroxyl groups excluding tert-OH is 2. The van der Waals surface area contributed by atoms with E-state index in [2.05, 4.69) is 37.2 Å². The smallest absolute Gasteiger partial charge is 0.326 e. The molecule has 0 saturated carbocycles. The van der Waals surface area contributed by atoms with Crippen LogP contribution in [0.5, 0.6) is 0 Å². The summed E-state index contributed by atoms with van der Waals surface area (Å²) in [6.45, 7) is 9.78. The molecule has 1 fully saturated rings. The zero-order chi connectivity index (χ0) is 56.0. The van der Waals surface area contributed by atoms with E-state index < -0.39 is 169 Å². The molecule has 0 bridgehead atoms. The molecular weight excluding hydrogens is 971 g/mol. The zero-order valence-electron chi connectivity index (χ0n) is 41.9. The van der Waals surface area contributed by atoms with Crippen molar-refractivity contribution in [1.29, 1.82) is 0 Å². The maximum Gasteiger partial charge on any atom is 0.326 e. The van der Waals surface area contributed by atoms with Gasteiger partial charge in [-0.15, -0.1) is 0 Å². The van der Waals surface area contributed by atoms with Gasteiger partial charge in [0.05, 0.1) is 19.1 Å². The number of carbonyl (C=O) groups is 13. The highest BCUT2D eigenvalue weighted by molar-refractivity contribution is 5.99. The minimum atomic E-state index is -1.89. The number of nitrogens with zero attached hydrogens (tertiary/aromatic N) is 1. The van der Waals surface area contributed by atoms with Gasteiger partial charge in [0.15, 0.2) is 0 Å². The molecule has 29 nitrogen and oxygen atoms in total. The molecule has 11 atom stereocenters. The molecule has 412 valence electrons. The molecule has 1 saturated heterocycles. The van der Waals surface area contributed by atoms with Crippen molar-refractivity contribution in [2.75, 3.05) is 13.2 Å². The van der Waals surface area contributed by atoms with Crippen LogP contribution in [0.1, 0.15) is 106 Å². The number of nitrogens with one attached hydrogen (secondary N) is 8. The average molecular weight is 1040 g/mol. The molecule has 0 radical (unpaired) electrons. The fraction of sp³-hybridized carbons (Fsp3) is 0.705. The largest absolute Gasteiger partial charge is 0.481 e. The van der Waals surface area contributed by atoms with Crippen LogP contribution in [0.15, 0.2) is 0 Å². The van der Waals surface area contributed by atoms with Gasteiger partial charge in [-0.1, -0.05) is 27.7 Å². The molecule has 17 N–H and O–H groups in total. The minimum Gasteiger partial charge on any atom is -0.481 e. The first-order valence-electron chi connectivity index (χ1n) is 23.6. The van der Waals surface area contributed by atoms with Gasteiger partial charge in [-0.3, -0.25) is 57.5 Å². The highest BCUT2D eigenvalue weighted by atomic mass is 16.4. The quantitative estimate of drug-likeness (QED) is 0.0299. The molecule has 29 heteroatoms. The fourth-order valence-electron chi connectivity index (χ4n) is 7.28. The van der Waals surface area contributed by atoms with Gasteiger partial charge in [0.2, 0.25) is 59.1 Å². The number of carboxylic acid groups (broad SMARTS) is 3. The van der Waals surface area contributed by atoms with E-state index in [1.165, 1.54) is 11.8 Å². The van der Waals surface area contributed by atoms with Crippen molar-refractivity contribution in [3.05, 3.63) is 0 Å². The van der Waals surface area contributed by atoms with Crippen molar-refractivity contribution >= 4 is 77.0 Å². The van der Waals surface area contributed by atoms with Crippen molar-refractivity contribution in [3.8, 4) is 0 Å². The number of primary amides is 1. The van der Waals surface area contributed by atoms with Gasteiger partial charge in [0, 0.05) is 19.4 Å². The number of nitrogens with two attached hydrogens (primary N) is 2. The van der Waals surface area contributed by atoms with Crippen molar-refractivity contribution in [1.82, 2.24) is 47.4 Å². The lowest BCUT2D eigenvalue weighted by Gasteiger charge is -2.29. The number of carbonyl (C=O) groups excluding carboxylic acids is 10. The first kappa shape index (κ1) is 64.0. The van der Waals surface area contributed by atoms with E-state index in [-0.39, 0.29) is 50.5 Å². The summed E-state index contributed by atoms with van der Waals surface area (Å²) in [5, 5.41) is 66.2. The highest BCUT2D eigenvalue weighted by Gasteiger charge is 2.39. The third-order valence-electron chi connectivity index (χ3n) is 11.2. The second-order valence-electron chi connectivity index (χ2n) is 18.6. The van der Waals surface area contributed by atoms with E-state index >= 15 is 0 Å². The Labute approximate surface area is 420 Å². The summed E-state index contributed by atoms with van der Waals surface area (Å²) in [6.07, 6.45) is -4.04. The van der Waals surface area contributed by atoms with E-state index in [0.29, 0.717) is 6.42 Å². The Morgan fingerprint density at radius 1 is 0.562 bits per heavy atom. The molecule has 1 aliphatic rings. The Balaban J connectivity index is 3.18. The number of aliphatic hydroxyl groups is 2. The van der Waals surface area contributed by atoms with Crippen molar-refractivity contribution in [3.63, 3.8) is 0 Å². The van der Waals surface area contributed by atoms with Crippen molar-refractivity contribution in [2.45, 2.75) is 173 Å². The maximum atomic E-state index is 13.7. The van der Waals surface area contributed by atoms with Crippen LogP contribution in [-0.2, 0) is 62.3 Å². The molecule has 73 heavy (non-hydrogen) atoms. The molecule has 0 spiro atoms. The number of hydrogen-bond donors (Lipinski definition) is 15. The molecule has 1 heterocycles. The Morgan fingerprint density at radius 3 is 1.47 bits per heavy atom. The highest BCUT2D eigenvalue weighted by Crippen LogP contribution is 2.19. The zero-order valence-corrected chi connectivity index (χ0v) is 41.9. The number of carboxylic acids is 3. The van der Waals surface area contributed by atoms with E-state index in [9.17, 15) is 82.8 Å². The predicted octanol–water partition coefficient (Wildman–Crippen LogP) is -5.62. The Hall–Kier alpha value is -7.01. The van der Waals surface area contributed by atoms with Gasteiger partial charge >= 0.3 is 17.9 Å². The van der Waals surface area contributed by atoms with E-state index in [4.69, 9.17) is 16.6 Å². The lowest BCUT2D eigenvalue weighted by molar-refractivity contribution is -0.144. The first-order valence-corrected chi connectivity index (χ1v) is 23.6. The molecule has 0 aliphatic carbocycles. The second kappa shape index (κ2) is 30.8. The second-order valence-corrected chi connectivity index (χ2v) is 18.6. The van der Waals surface area contributed by atoms with Crippen LogP contribution in [0.2, 0.25) is 0 Å². The van der Waals surface area contributed by atoms with Crippen LogP contribution in [0, 0.1) is 11.8 Å². The van der Waals surface area contributed by atoms with E-state index in [0.717, 1.165) is 13.8 Å². The summed E-state index contributed by atoms with van der Waals surface area (Å²) < 4.78 is 0. The van der Waals surface area contributed by atoms with Gasteiger partial charge < -0.3 is 84.4 Å². The lowest BCUT2D eigenvalue weighted by Crippen LogP contribution is -2.61. The third kappa shape index (κ3) is 22.5. The maximum absolute atomic E-state index is 13.7. The summed E-state index contributed by atoms with van der Waals surface area (Å²) in [7, 11) is 0. The SMILES string of the molecule is CC(C)C[C@H](NC(=O)[C@H](CCC(N)=O)NC(=O)[C@@H]1CCCN1C(=O)[C@@H](N)CO)C(=O)N[C@@H](C)C(=O)N[C@H](C(=O)N[C@@H](CC(C)C)C(=O)N[C@@H](C)C(=O)N[C@@H](CC(=O)O)C(=O)N[C@@H](CCC(=O)O)C(=O)O)[C@@H](C)O. The lowest BCUT2D eigenvalue weighted by atomic mass is 10.0. The average Bonchev–Trinajstić information content (AvgIpc) is 3.78. The number of amides is 10. The van der Waals surface area contributed by atoms with Crippen LogP contribution in [0.3, 0.4) is 0 Å². The van der Waals surface area contributed by atoms with Crippen LogP contribution in [0.4, 0.5) is 0 Å². The third-order valence-corrected chi connectivity index (χ3v) is 11.2. The van der Waals surface area contributed by atoms with E-state index in [1.54, 1.807) is 27.7 Å². The van der Waals surface area contributed by atoms with Crippen LogP contribution < -0.4 is 54.0 Å². The monoisotopic (exact) mass is 1040 g/mol. The van der Waals surface area contributed by atoms with Crippen molar-refractivity contribution in [2.24, 2.45) is 23.3 Å². The van der Waals surface area contributed by atoms with Gasteiger partial charge in [0.1, 0.15) is 60.4 Å². The molecule has 0 aromatic heterocycles. The molecular formula is C44H73N11O18.